The summed E-state index contributed by atoms with van der Waals surface area (Å²) in [4.78, 5) is 23.7. The Morgan fingerprint density at radius 2 is 1.58 bits per heavy atom. The number of hydrogen-bond donors (Lipinski definition) is 1. The van der Waals surface area contributed by atoms with Gasteiger partial charge in [0.2, 0.25) is 0 Å². The number of rotatable bonds is 4. The maximum absolute atomic E-state index is 12.3. The van der Waals surface area contributed by atoms with Crippen molar-refractivity contribution in [2.24, 2.45) is 0 Å². The zero-order chi connectivity index (χ0) is 13.9. The van der Waals surface area contributed by atoms with Crippen molar-refractivity contribution in [3.05, 3.63) is 48.0 Å². The number of aliphatic hydroxyl groups is 1. The van der Waals surface area contributed by atoms with Crippen molar-refractivity contribution in [1.82, 2.24) is 0 Å². The first kappa shape index (κ1) is 13.7. The Bertz CT molecular complexity index is 493. The average Bonchev–Trinajstić information content (AvgIpc) is 2.46. The number of benzene rings is 1. The second-order valence-electron chi connectivity index (χ2n) is 5.07. The lowest BCUT2D eigenvalue weighted by molar-refractivity contribution is 0.0116. The van der Waals surface area contributed by atoms with Crippen LogP contribution in [0.25, 0.3) is 0 Å². The molecule has 1 fully saturated rings. The fourth-order valence-corrected chi connectivity index (χ4v) is 2.54. The van der Waals surface area contributed by atoms with Gasteiger partial charge in [-0.3, -0.25) is 9.59 Å². The second-order valence-corrected chi connectivity index (χ2v) is 5.07. The minimum Gasteiger partial charge on any atom is -0.382 e. The standard InChI is InChI=1S/C16H18O3/c1-2-14(17)12-6-8-13(9-7-12)15(18)16(19)10-4-3-5-11-16/h2,6-9,19H,1,3-5,10-11H2. The SMILES string of the molecule is C=CC(=O)c1ccc(C(=O)C2(O)CCCCC2)cc1. The molecule has 0 atom stereocenters. The van der Waals surface area contributed by atoms with E-state index in [4.69, 9.17) is 0 Å². The van der Waals surface area contributed by atoms with Gasteiger partial charge in [-0.05, 0) is 18.9 Å². The first-order valence-corrected chi connectivity index (χ1v) is 6.61. The molecule has 0 spiro atoms. The number of carbonyl (C=O) groups excluding carboxylic acids is 2. The van der Waals surface area contributed by atoms with Crippen LogP contribution in [0.3, 0.4) is 0 Å². The van der Waals surface area contributed by atoms with Crippen LogP contribution in [0.5, 0.6) is 0 Å². The Hall–Kier alpha value is -1.74. The summed E-state index contributed by atoms with van der Waals surface area (Å²) in [6, 6.07) is 6.41. The third kappa shape index (κ3) is 2.82. The molecule has 0 saturated heterocycles. The van der Waals surface area contributed by atoms with Gasteiger partial charge in [0.25, 0.3) is 0 Å². The minimum absolute atomic E-state index is 0.171. The average molecular weight is 258 g/mol. The lowest BCUT2D eigenvalue weighted by Gasteiger charge is -2.30. The van der Waals surface area contributed by atoms with Gasteiger partial charge >= 0.3 is 0 Å². The third-order valence-electron chi connectivity index (χ3n) is 3.72. The Balaban J connectivity index is 2.19. The van der Waals surface area contributed by atoms with Gasteiger partial charge in [-0.15, -0.1) is 0 Å². The van der Waals surface area contributed by atoms with E-state index in [0.29, 0.717) is 24.0 Å². The van der Waals surface area contributed by atoms with Crippen molar-refractivity contribution in [1.29, 1.82) is 0 Å². The third-order valence-corrected chi connectivity index (χ3v) is 3.72. The molecule has 0 heterocycles. The van der Waals surface area contributed by atoms with Gasteiger partial charge in [0.1, 0.15) is 5.60 Å². The first-order valence-electron chi connectivity index (χ1n) is 6.61. The van der Waals surface area contributed by atoms with Gasteiger partial charge in [0.15, 0.2) is 11.6 Å². The van der Waals surface area contributed by atoms with Crippen molar-refractivity contribution in [3.63, 3.8) is 0 Å². The van der Waals surface area contributed by atoms with Gasteiger partial charge in [0.05, 0.1) is 0 Å². The number of carbonyl (C=O) groups is 2. The summed E-state index contributed by atoms with van der Waals surface area (Å²) >= 11 is 0. The van der Waals surface area contributed by atoms with Crippen LogP contribution in [0.4, 0.5) is 0 Å². The summed E-state index contributed by atoms with van der Waals surface area (Å²) in [5.41, 5.74) is -0.255. The summed E-state index contributed by atoms with van der Waals surface area (Å²) in [5, 5.41) is 10.4. The summed E-state index contributed by atoms with van der Waals surface area (Å²) in [5.74, 6) is -0.403. The molecule has 2 rings (SSSR count). The molecule has 0 bridgehead atoms. The molecule has 19 heavy (non-hydrogen) atoms. The smallest absolute Gasteiger partial charge is 0.194 e. The van der Waals surface area contributed by atoms with Crippen LogP contribution in [0.2, 0.25) is 0 Å². The molecule has 1 aromatic carbocycles. The van der Waals surface area contributed by atoms with Crippen LogP contribution in [0.1, 0.15) is 52.8 Å². The van der Waals surface area contributed by atoms with Gasteiger partial charge in [-0.25, -0.2) is 0 Å². The van der Waals surface area contributed by atoms with E-state index in [1.165, 1.54) is 6.08 Å². The normalized spacial score (nSPS) is 17.7. The minimum atomic E-state index is -1.22. The topological polar surface area (TPSA) is 54.4 Å². The van der Waals surface area contributed by atoms with Gasteiger partial charge in [-0.2, -0.15) is 0 Å². The van der Waals surface area contributed by atoms with Crippen molar-refractivity contribution in [3.8, 4) is 0 Å². The lowest BCUT2D eigenvalue weighted by Crippen LogP contribution is -2.40. The van der Waals surface area contributed by atoms with Gasteiger partial charge in [-0.1, -0.05) is 50.1 Å². The molecule has 0 aliphatic heterocycles. The van der Waals surface area contributed by atoms with Gasteiger partial charge in [0, 0.05) is 11.1 Å². The van der Waals surface area contributed by atoms with E-state index in [-0.39, 0.29) is 11.6 Å². The quantitative estimate of drug-likeness (QED) is 0.667. The molecule has 100 valence electrons. The molecule has 1 aromatic rings. The lowest BCUT2D eigenvalue weighted by atomic mass is 9.79. The van der Waals surface area contributed by atoms with Crippen LogP contribution in [-0.2, 0) is 0 Å². The summed E-state index contributed by atoms with van der Waals surface area (Å²) in [7, 11) is 0. The highest BCUT2D eigenvalue weighted by molar-refractivity contribution is 6.06. The monoisotopic (exact) mass is 258 g/mol. The highest BCUT2D eigenvalue weighted by Crippen LogP contribution is 2.31. The second kappa shape index (κ2) is 5.49. The number of ketones is 2. The van der Waals surface area contributed by atoms with Crippen LogP contribution in [0.15, 0.2) is 36.9 Å². The van der Waals surface area contributed by atoms with E-state index >= 15 is 0 Å². The fourth-order valence-electron chi connectivity index (χ4n) is 2.54. The molecule has 1 aliphatic rings. The van der Waals surface area contributed by atoms with Crippen molar-refractivity contribution >= 4 is 11.6 Å². The molecule has 0 radical (unpaired) electrons. The number of hydrogen-bond acceptors (Lipinski definition) is 3. The van der Waals surface area contributed by atoms with E-state index in [9.17, 15) is 14.7 Å². The maximum Gasteiger partial charge on any atom is 0.194 e. The predicted molar refractivity (Wildman–Crippen MR) is 73.3 cm³/mol. The van der Waals surface area contributed by atoms with Crippen molar-refractivity contribution in [2.75, 3.05) is 0 Å². The molecule has 1 saturated carbocycles. The number of Topliss-reactive ketones (excluding diaryl/α,β-unsaturated/α-hetero) is 1. The maximum atomic E-state index is 12.3. The summed E-state index contributed by atoms with van der Waals surface area (Å²) in [6.07, 6.45) is 5.14. The molecule has 1 N–H and O–H groups in total. The van der Waals surface area contributed by atoms with E-state index in [0.717, 1.165) is 19.3 Å². The van der Waals surface area contributed by atoms with Crippen molar-refractivity contribution in [2.45, 2.75) is 37.7 Å². The summed E-state index contributed by atoms with van der Waals surface area (Å²) < 4.78 is 0. The van der Waals surface area contributed by atoms with Crippen LogP contribution < -0.4 is 0 Å². The van der Waals surface area contributed by atoms with E-state index in [2.05, 4.69) is 6.58 Å². The molecule has 1 aliphatic carbocycles. The molecule has 0 amide bonds. The van der Waals surface area contributed by atoms with E-state index in [1.807, 2.05) is 0 Å². The fraction of sp³-hybridized carbons (Fsp3) is 0.375. The zero-order valence-electron chi connectivity index (χ0n) is 10.9. The molecular weight excluding hydrogens is 240 g/mol. The highest BCUT2D eigenvalue weighted by atomic mass is 16.3. The Labute approximate surface area is 113 Å². The van der Waals surface area contributed by atoms with Crippen molar-refractivity contribution < 1.29 is 14.7 Å². The summed E-state index contributed by atoms with van der Waals surface area (Å²) in [6.45, 7) is 3.42. The Morgan fingerprint density at radius 1 is 1.05 bits per heavy atom. The number of allylic oxidation sites excluding steroid dienone is 1. The van der Waals surface area contributed by atoms with E-state index in [1.54, 1.807) is 24.3 Å². The highest BCUT2D eigenvalue weighted by Gasteiger charge is 2.37. The molecule has 0 unspecified atom stereocenters. The zero-order valence-corrected chi connectivity index (χ0v) is 10.9. The molecular formula is C16H18O3. The first-order chi connectivity index (χ1) is 9.07. The van der Waals surface area contributed by atoms with Crippen LogP contribution in [-0.4, -0.2) is 22.3 Å². The predicted octanol–water partition coefficient (Wildman–Crippen LogP) is 2.93. The largest absolute Gasteiger partial charge is 0.382 e. The molecule has 3 heteroatoms. The van der Waals surface area contributed by atoms with Gasteiger partial charge < -0.3 is 5.11 Å². The molecule has 0 aromatic heterocycles. The molecule has 3 nitrogen and oxygen atoms in total. The Kier molecular flexibility index (Phi) is 3.96. The van der Waals surface area contributed by atoms with Crippen LogP contribution >= 0.6 is 0 Å². The van der Waals surface area contributed by atoms with E-state index < -0.39 is 5.60 Å². The Morgan fingerprint density at radius 3 is 2.11 bits per heavy atom. The van der Waals surface area contributed by atoms with Crippen LogP contribution in [0, 0.1) is 0 Å².